The van der Waals surface area contributed by atoms with Crippen molar-refractivity contribution in [3.05, 3.63) is 6.92 Å². The molecule has 0 aromatic heterocycles. The van der Waals surface area contributed by atoms with Crippen LogP contribution in [0.4, 0.5) is 0 Å². The molecule has 39 valence electrons. The molecule has 0 bridgehead atoms. The van der Waals surface area contributed by atoms with Crippen LogP contribution in [-0.2, 0) is 4.84 Å². The van der Waals surface area contributed by atoms with Gasteiger partial charge in [0, 0.05) is 5.92 Å². The Morgan fingerprint density at radius 3 is 2.71 bits per heavy atom. The van der Waals surface area contributed by atoms with Crippen LogP contribution in [0.1, 0.15) is 6.42 Å². The number of hydrogen-bond acceptors (Lipinski definition) is 2. The molecule has 0 spiro atoms. The molecule has 0 amide bonds. The maximum Gasteiger partial charge on any atom is 0.106 e. The lowest BCUT2D eigenvalue weighted by atomic mass is 10.5. The molecule has 0 aromatic carbocycles. The first-order chi connectivity index (χ1) is 3.34. The highest BCUT2D eigenvalue weighted by Gasteiger charge is 2.27. The molecule has 1 aliphatic carbocycles. The normalized spacial score (nSPS) is 33.4. The Labute approximate surface area is 43.2 Å². The fourth-order valence-corrected chi connectivity index (χ4v) is 0.423. The molecule has 0 heterocycles. The van der Waals surface area contributed by atoms with Crippen LogP contribution in [0.3, 0.4) is 0 Å². The fraction of sp³-hybridized carbons (Fsp3) is 0.600. The molecule has 1 fully saturated rings. The lowest BCUT2D eigenvalue weighted by Gasteiger charge is -1.78. The number of rotatable bonds is 1. The van der Waals surface area contributed by atoms with Crippen LogP contribution in [0.25, 0.3) is 0 Å². The zero-order chi connectivity index (χ0) is 5.28. The van der Waals surface area contributed by atoms with Crippen LogP contribution in [0.15, 0.2) is 5.16 Å². The standard InChI is InChI=1S/C5H8NO/c1-4-3-5(4)6-7-2/h4H,1,3H2,2H3/b6-5-. The largest absolute Gasteiger partial charge is 0.399 e. The van der Waals surface area contributed by atoms with Gasteiger partial charge in [0.05, 0.1) is 5.71 Å². The molecule has 1 aliphatic rings. The molecule has 1 saturated carbocycles. The average Bonchev–Trinajstić information content (AvgIpc) is 2.22. The first kappa shape index (κ1) is 4.62. The monoisotopic (exact) mass is 98.1 g/mol. The summed E-state index contributed by atoms with van der Waals surface area (Å²) in [5.41, 5.74) is 1.09. The molecule has 1 radical (unpaired) electrons. The molecule has 7 heavy (non-hydrogen) atoms. The highest BCUT2D eigenvalue weighted by molar-refractivity contribution is 6.01. The summed E-state index contributed by atoms with van der Waals surface area (Å²) in [7, 11) is 1.55. The second kappa shape index (κ2) is 1.52. The van der Waals surface area contributed by atoms with Crippen LogP contribution in [0, 0.1) is 12.8 Å². The van der Waals surface area contributed by atoms with Gasteiger partial charge in [0.15, 0.2) is 0 Å². The Morgan fingerprint density at radius 2 is 2.57 bits per heavy atom. The second-order valence-electron chi connectivity index (χ2n) is 1.67. The van der Waals surface area contributed by atoms with Gasteiger partial charge in [-0.15, -0.1) is 0 Å². The van der Waals surface area contributed by atoms with Gasteiger partial charge >= 0.3 is 0 Å². The van der Waals surface area contributed by atoms with Gasteiger partial charge in [0.2, 0.25) is 0 Å². The zero-order valence-electron chi connectivity index (χ0n) is 4.35. The minimum Gasteiger partial charge on any atom is -0.399 e. The molecule has 2 heteroatoms. The van der Waals surface area contributed by atoms with Crippen LogP contribution in [0.2, 0.25) is 0 Å². The van der Waals surface area contributed by atoms with E-state index in [2.05, 4.69) is 16.9 Å². The van der Waals surface area contributed by atoms with Crippen molar-refractivity contribution in [2.24, 2.45) is 11.1 Å². The van der Waals surface area contributed by atoms with E-state index in [0.717, 1.165) is 12.1 Å². The maximum atomic E-state index is 4.48. The molecular weight excluding hydrogens is 90.1 g/mol. The van der Waals surface area contributed by atoms with Crippen LogP contribution >= 0.6 is 0 Å². The zero-order valence-corrected chi connectivity index (χ0v) is 4.35. The first-order valence-electron chi connectivity index (χ1n) is 2.27. The molecule has 0 aliphatic heterocycles. The number of hydrogen-bond donors (Lipinski definition) is 0. The molecule has 0 aromatic rings. The fourth-order valence-electron chi connectivity index (χ4n) is 0.423. The highest BCUT2D eigenvalue weighted by atomic mass is 16.6. The van der Waals surface area contributed by atoms with E-state index in [0.29, 0.717) is 5.92 Å². The smallest absolute Gasteiger partial charge is 0.106 e. The van der Waals surface area contributed by atoms with Crippen LogP contribution in [0.5, 0.6) is 0 Å². The van der Waals surface area contributed by atoms with Crippen LogP contribution < -0.4 is 0 Å². The van der Waals surface area contributed by atoms with Gasteiger partial charge < -0.3 is 4.84 Å². The lowest BCUT2D eigenvalue weighted by molar-refractivity contribution is 0.214. The third-order valence-electron chi connectivity index (χ3n) is 0.975. The number of nitrogens with zero attached hydrogens (tertiary/aromatic N) is 1. The Hall–Kier alpha value is -0.530. The van der Waals surface area contributed by atoms with Crippen molar-refractivity contribution in [2.75, 3.05) is 7.11 Å². The minimum atomic E-state index is 0.444. The highest BCUT2D eigenvalue weighted by Crippen LogP contribution is 2.23. The summed E-state index contributed by atoms with van der Waals surface area (Å²) in [6.07, 6.45) is 1.02. The Balaban J connectivity index is 2.30. The van der Waals surface area contributed by atoms with E-state index in [-0.39, 0.29) is 0 Å². The third-order valence-corrected chi connectivity index (χ3v) is 0.975. The molecular formula is C5H8NO. The van der Waals surface area contributed by atoms with Gasteiger partial charge in [-0.3, -0.25) is 0 Å². The molecule has 1 unspecified atom stereocenters. The average molecular weight is 98.1 g/mol. The lowest BCUT2D eigenvalue weighted by Crippen LogP contribution is -1.72. The Bertz CT molecular complexity index is 98.3. The Morgan fingerprint density at radius 1 is 2.00 bits per heavy atom. The van der Waals surface area contributed by atoms with E-state index in [4.69, 9.17) is 0 Å². The van der Waals surface area contributed by atoms with Crippen molar-refractivity contribution in [1.29, 1.82) is 0 Å². The summed E-state index contributed by atoms with van der Waals surface area (Å²) >= 11 is 0. The van der Waals surface area contributed by atoms with Crippen molar-refractivity contribution in [3.8, 4) is 0 Å². The first-order valence-corrected chi connectivity index (χ1v) is 2.27. The van der Waals surface area contributed by atoms with Crippen molar-refractivity contribution in [2.45, 2.75) is 6.42 Å². The molecule has 0 saturated heterocycles. The van der Waals surface area contributed by atoms with E-state index in [9.17, 15) is 0 Å². The van der Waals surface area contributed by atoms with E-state index in [1.807, 2.05) is 0 Å². The minimum absolute atomic E-state index is 0.444. The van der Waals surface area contributed by atoms with Gasteiger partial charge in [-0.1, -0.05) is 5.16 Å². The summed E-state index contributed by atoms with van der Waals surface area (Å²) in [4.78, 5) is 4.48. The van der Waals surface area contributed by atoms with Gasteiger partial charge in [-0.05, 0) is 13.3 Å². The second-order valence-corrected chi connectivity index (χ2v) is 1.67. The van der Waals surface area contributed by atoms with Gasteiger partial charge in [-0.2, -0.15) is 0 Å². The van der Waals surface area contributed by atoms with E-state index in [1.54, 1.807) is 7.11 Å². The predicted octanol–water partition coefficient (Wildman–Crippen LogP) is 0.843. The summed E-state index contributed by atoms with van der Waals surface area (Å²) in [5, 5.41) is 3.67. The van der Waals surface area contributed by atoms with Crippen molar-refractivity contribution in [3.63, 3.8) is 0 Å². The van der Waals surface area contributed by atoms with E-state index < -0.39 is 0 Å². The quantitative estimate of drug-likeness (QED) is 0.445. The summed E-state index contributed by atoms with van der Waals surface area (Å²) < 4.78 is 0. The summed E-state index contributed by atoms with van der Waals surface area (Å²) in [6, 6.07) is 0. The van der Waals surface area contributed by atoms with Crippen molar-refractivity contribution >= 4 is 5.71 Å². The summed E-state index contributed by atoms with van der Waals surface area (Å²) in [6.45, 7) is 3.74. The van der Waals surface area contributed by atoms with Crippen molar-refractivity contribution in [1.82, 2.24) is 0 Å². The molecule has 2 nitrogen and oxygen atoms in total. The van der Waals surface area contributed by atoms with Gasteiger partial charge in [0.25, 0.3) is 0 Å². The molecule has 0 N–H and O–H groups in total. The SMILES string of the molecule is [CH2]C1C/C1=N/OC. The van der Waals surface area contributed by atoms with Crippen LogP contribution in [-0.4, -0.2) is 12.8 Å². The molecule has 1 atom stereocenters. The topological polar surface area (TPSA) is 21.6 Å². The van der Waals surface area contributed by atoms with E-state index in [1.165, 1.54) is 0 Å². The third kappa shape index (κ3) is 0.918. The predicted molar refractivity (Wildman–Crippen MR) is 27.9 cm³/mol. The molecule has 1 rings (SSSR count). The van der Waals surface area contributed by atoms with Gasteiger partial charge in [-0.25, -0.2) is 0 Å². The number of oxime groups is 1. The van der Waals surface area contributed by atoms with Gasteiger partial charge in [0.1, 0.15) is 7.11 Å². The van der Waals surface area contributed by atoms with Crippen molar-refractivity contribution < 1.29 is 4.84 Å². The maximum absolute atomic E-state index is 4.48. The summed E-state index contributed by atoms with van der Waals surface area (Å²) in [5.74, 6) is 0.444. The van der Waals surface area contributed by atoms with E-state index >= 15 is 0 Å². The Kier molecular flexibility index (Phi) is 1.01.